The monoisotopic (exact) mass is 357 g/mol. The van der Waals surface area contributed by atoms with Crippen molar-refractivity contribution in [3.8, 4) is 9.88 Å². The third-order valence-electron chi connectivity index (χ3n) is 3.24. The Labute approximate surface area is 147 Å². The second kappa shape index (κ2) is 7.37. The highest BCUT2D eigenvalue weighted by Gasteiger charge is 2.18. The fourth-order valence-electron chi connectivity index (χ4n) is 2.09. The number of rotatable bonds is 5. The second-order valence-corrected chi connectivity index (χ2v) is 6.90. The number of carbonyl (C=O) groups excluding carboxylic acids is 2. The minimum atomic E-state index is -0.266. The predicted molar refractivity (Wildman–Crippen MR) is 97.5 cm³/mol. The summed E-state index contributed by atoms with van der Waals surface area (Å²) in [6, 6.07) is 13.1. The van der Waals surface area contributed by atoms with Crippen molar-refractivity contribution < 1.29 is 9.59 Å². The third-order valence-corrected chi connectivity index (χ3v) is 5.12. The fraction of sp³-hybridized carbons (Fsp3) is 0.118. The number of benzene rings is 1. The van der Waals surface area contributed by atoms with Gasteiger partial charge in [0.2, 0.25) is 5.91 Å². The van der Waals surface area contributed by atoms with Gasteiger partial charge in [-0.25, -0.2) is 4.98 Å². The summed E-state index contributed by atoms with van der Waals surface area (Å²) in [7, 11) is 1.59. The average molecular weight is 357 g/mol. The number of hydrogen-bond donors (Lipinski definition) is 1. The van der Waals surface area contributed by atoms with Gasteiger partial charge in [0.05, 0.1) is 11.4 Å². The van der Waals surface area contributed by atoms with E-state index in [9.17, 15) is 9.59 Å². The van der Waals surface area contributed by atoms with E-state index in [-0.39, 0.29) is 18.4 Å². The topological polar surface area (TPSA) is 62.3 Å². The predicted octanol–water partition coefficient (Wildman–Crippen LogP) is 3.58. The molecule has 3 aromatic rings. The molecule has 1 N–H and O–H groups in total. The Bertz CT molecular complexity index is 829. The van der Waals surface area contributed by atoms with E-state index in [0.717, 1.165) is 9.88 Å². The molecule has 0 spiro atoms. The van der Waals surface area contributed by atoms with E-state index in [0.29, 0.717) is 11.4 Å². The number of nitrogens with zero attached hydrogens (tertiary/aromatic N) is 2. The van der Waals surface area contributed by atoms with E-state index in [2.05, 4.69) is 10.3 Å². The zero-order valence-electron chi connectivity index (χ0n) is 12.9. The summed E-state index contributed by atoms with van der Waals surface area (Å²) < 4.78 is 0. The van der Waals surface area contributed by atoms with Crippen LogP contribution in [0.2, 0.25) is 0 Å². The molecule has 3 rings (SSSR count). The average Bonchev–Trinajstić information content (AvgIpc) is 3.26. The number of amides is 2. The number of hydrogen-bond acceptors (Lipinski definition) is 5. The number of thiazole rings is 1. The Morgan fingerprint density at radius 2 is 1.92 bits per heavy atom. The first-order valence-electron chi connectivity index (χ1n) is 7.23. The number of anilines is 1. The molecule has 0 aliphatic heterocycles. The molecule has 7 heteroatoms. The van der Waals surface area contributed by atoms with Crippen LogP contribution in [0, 0.1) is 0 Å². The maximum absolute atomic E-state index is 12.4. The molecule has 2 aromatic heterocycles. The highest BCUT2D eigenvalue weighted by Crippen LogP contribution is 2.28. The van der Waals surface area contributed by atoms with Crippen LogP contribution in [0.15, 0.2) is 53.2 Å². The first kappa shape index (κ1) is 16.4. The number of thiophene rings is 1. The lowest BCUT2D eigenvalue weighted by Crippen LogP contribution is -2.35. The van der Waals surface area contributed by atoms with Gasteiger partial charge in [0.1, 0.15) is 10.7 Å². The van der Waals surface area contributed by atoms with Crippen LogP contribution in [-0.4, -0.2) is 35.3 Å². The molecule has 2 heterocycles. The van der Waals surface area contributed by atoms with Crippen molar-refractivity contribution in [1.29, 1.82) is 0 Å². The quantitative estimate of drug-likeness (QED) is 0.759. The molecule has 0 bridgehead atoms. The van der Waals surface area contributed by atoms with E-state index < -0.39 is 0 Å². The van der Waals surface area contributed by atoms with E-state index in [1.165, 1.54) is 16.2 Å². The molecule has 0 unspecified atom stereocenters. The summed E-state index contributed by atoms with van der Waals surface area (Å²) >= 11 is 3.01. The lowest BCUT2D eigenvalue weighted by atomic mass is 10.3. The molecular formula is C17H15N3O2S2. The summed E-state index contributed by atoms with van der Waals surface area (Å²) in [4.78, 5) is 31.2. The Hall–Kier alpha value is -2.51. The van der Waals surface area contributed by atoms with Crippen molar-refractivity contribution in [2.75, 3.05) is 18.9 Å². The van der Waals surface area contributed by atoms with Crippen molar-refractivity contribution >= 4 is 40.2 Å². The maximum Gasteiger partial charge on any atom is 0.273 e. The molecule has 122 valence electrons. The Kier molecular flexibility index (Phi) is 5.02. The van der Waals surface area contributed by atoms with Gasteiger partial charge in [0.15, 0.2) is 0 Å². The van der Waals surface area contributed by atoms with Gasteiger partial charge in [-0.2, -0.15) is 0 Å². The van der Waals surface area contributed by atoms with Crippen LogP contribution in [0.25, 0.3) is 9.88 Å². The smallest absolute Gasteiger partial charge is 0.273 e. The third kappa shape index (κ3) is 3.87. The van der Waals surface area contributed by atoms with Crippen molar-refractivity contribution in [3.63, 3.8) is 0 Å². The van der Waals surface area contributed by atoms with Crippen LogP contribution in [0.3, 0.4) is 0 Å². The van der Waals surface area contributed by atoms with Crippen molar-refractivity contribution in [3.05, 3.63) is 58.9 Å². The molecule has 5 nitrogen and oxygen atoms in total. The summed E-state index contributed by atoms with van der Waals surface area (Å²) in [6.45, 7) is -0.0282. The molecule has 0 saturated carbocycles. The van der Waals surface area contributed by atoms with Gasteiger partial charge in [-0.3, -0.25) is 9.59 Å². The summed E-state index contributed by atoms with van der Waals surface area (Å²) in [5.41, 5.74) is 1.07. The van der Waals surface area contributed by atoms with Gasteiger partial charge in [0.25, 0.3) is 5.91 Å². The lowest BCUT2D eigenvalue weighted by Gasteiger charge is -2.15. The van der Waals surface area contributed by atoms with E-state index in [1.54, 1.807) is 35.9 Å². The zero-order chi connectivity index (χ0) is 16.9. The van der Waals surface area contributed by atoms with Crippen LogP contribution in [0.4, 0.5) is 5.69 Å². The van der Waals surface area contributed by atoms with E-state index >= 15 is 0 Å². The van der Waals surface area contributed by atoms with Gasteiger partial charge in [0, 0.05) is 18.1 Å². The molecule has 2 amide bonds. The normalized spacial score (nSPS) is 10.4. The molecule has 0 aliphatic carbocycles. The zero-order valence-corrected chi connectivity index (χ0v) is 14.6. The Morgan fingerprint density at radius 3 is 2.62 bits per heavy atom. The maximum atomic E-state index is 12.4. The summed E-state index contributed by atoms with van der Waals surface area (Å²) in [5.74, 6) is -0.511. The standard InChI is InChI=1S/C17H15N3O2S2/c1-20(10-15(21)18-12-6-3-2-4-7-12)17(22)13-11-24-16(19-13)14-8-5-9-23-14/h2-9,11H,10H2,1H3,(H,18,21). The first-order valence-corrected chi connectivity index (χ1v) is 8.99. The van der Waals surface area contributed by atoms with Crippen LogP contribution in [-0.2, 0) is 4.79 Å². The van der Waals surface area contributed by atoms with Gasteiger partial charge in [-0.15, -0.1) is 22.7 Å². The van der Waals surface area contributed by atoms with Gasteiger partial charge in [-0.05, 0) is 23.6 Å². The Balaban J connectivity index is 1.61. The fourth-order valence-corrected chi connectivity index (χ4v) is 3.70. The largest absolute Gasteiger partial charge is 0.331 e. The minimum Gasteiger partial charge on any atom is -0.331 e. The van der Waals surface area contributed by atoms with Crippen molar-refractivity contribution in [2.24, 2.45) is 0 Å². The van der Waals surface area contributed by atoms with E-state index in [4.69, 9.17) is 0 Å². The molecule has 0 fully saturated rings. The van der Waals surface area contributed by atoms with Gasteiger partial charge >= 0.3 is 0 Å². The van der Waals surface area contributed by atoms with E-state index in [1.807, 2.05) is 35.7 Å². The van der Waals surface area contributed by atoms with Crippen molar-refractivity contribution in [2.45, 2.75) is 0 Å². The lowest BCUT2D eigenvalue weighted by molar-refractivity contribution is -0.116. The number of likely N-dealkylation sites (N-methyl/N-ethyl adjacent to an activating group) is 1. The Morgan fingerprint density at radius 1 is 1.12 bits per heavy atom. The first-order chi connectivity index (χ1) is 11.6. The van der Waals surface area contributed by atoms with Crippen LogP contribution in [0.5, 0.6) is 0 Å². The minimum absolute atomic E-state index is 0.0282. The molecule has 0 aliphatic rings. The van der Waals surface area contributed by atoms with Crippen LogP contribution in [0.1, 0.15) is 10.5 Å². The molecule has 1 aromatic carbocycles. The second-order valence-electron chi connectivity index (χ2n) is 5.09. The van der Waals surface area contributed by atoms with Crippen LogP contribution >= 0.6 is 22.7 Å². The highest BCUT2D eigenvalue weighted by atomic mass is 32.1. The number of nitrogens with one attached hydrogen (secondary N) is 1. The molecule has 0 radical (unpaired) electrons. The number of aromatic nitrogens is 1. The summed E-state index contributed by atoms with van der Waals surface area (Å²) in [6.07, 6.45) is 0. The molecule has 24 heavy (non-hydrogen) atoms. The molecule has 0 atom stereocenters. The number of para-hydroxylation sites is 1. The van der Waals surface area contributed by atoms with Crippen LogP contribution < -0.4 is 5.32 Å². The van der Waals surface area contributed by atoms with Gasteiger partial charge in [-0.1, -0.05) is 24.3 Å². The van der Waals surface area contributed by atoms with Crippen molar-refractivity contribution in [1.82, 2.24) is 9.88 Å². The van der Waals surface area contributed by atoms with Gasteiger partial charge < -0.3 is 10.2 Å². The molecular weight excluding hydrogens is 342 g/mol. The summed E-state index contributed by atoms with van der Waals surface area (Å²) in [5, 5.41) is 7.27. The molecule has 0 saturated heterocycles. The highest BCUT2D eigenvalue weighted by molar-refractivity contribution is 7.20. The SMILES string of the molecule is CN(CC(=O)Nc1ccccc1)C(=O)c1csc(-c2cccs2)n1. The number of carbonyl (C=O) groups is 2.